The molecule has 0 saturated heterocycles. The summed E-state index contributed by atoms with van der Waals surface area (Å²) in [4.78, 5) is 12.9. The average molecular weight is 295 g/mol. The van der Waals surface area contributed by atoms with Crippen LogP contribution in [0.1, 0.15) is 10.9 Å². The van der Waals surface area contributed by atoms with Crippen LogP contribution in [0.5, 0.6) is 0 Å². The highest BCUT2D eigenvalue weighted by Crippen LogP contribution is 2.25. The van der Waals surface area contributed by atoms with Gasteiger partial charge in [-0.05, 0) is 33.6 Å². The Bertz CT molecular complexity index is 384. The average Bonchev–Trinajstić information content (AvgIpc) is 2.19. The molecule has 0 aliphatic heterocycles. The number of hydrogen-bond acceptors (Lipinski definition) is 1. The first-order chi connectivity index (χ1) is 6.93. The second kappa shape index (κ2) is 4.94. The van der Waals surface area contributed by atoms with E-state index >= 15 is 0 Å². The molecule has 0 N–H and O–H groups in total. The van der Waals surface area contributed by atoms with E-state index in [1.54, 1.807) is 20.2 Å². The zero-order chi connectivity index (χ0) is 11.6. The number of alkyl halides is 1. The van der Waals surface area contributed by atoms with E-state index in [1.165, 1.54) is 17.0 Å². The molecule has 1 aromatic carbocycles. The number of nitrogens with zero attached hydrogens (tertiary/aromatic N) is 1. The number of carbonyl (C=O) groups excluding carboxylic acids is 1. The highest BCUT2D eigenvalue weighted by atomic mass is 79.9. The molecule has 0 spiro atoms. The van der Waals surface area contributed by atoms with Gasteiger partial charge in [-0.3, -0.25) is 4.79 Å². The first-order valence-electron chi connectivity index (χ1n) is 4.23. The number of amides is 1. The minimum absolute atomic E-state index is 0.265. The van der Waals surface area contributed by atoms with Crippen LogP contribution in [0.4, 0.5) is 4.39 Å². The van der Waals surface area contributed by atoms with Crippen LogP contribution < -0.4 is 0 Å². The van der Waals surface area contributed by atoms with Crippen molar-refractivity contribution in [3.63, 3.8) is 0 Å². The van der Waals surface area contributed by atoms with Gasteiger partial charge in [0.2, 0.25) is 5.91 Å². The molecule has 0 aliphatic rings. The van der Waals surface area contributed by atoms with Crippen LogP contribution in [-0.2, 0) is 4.79 Å². The third-order valence-corrected chi connectivity index (χ3v) is 2.98. The topological polar surface area (TPSA) is 20.3 Å². The zero-order valence-corrected chi connectivity index (χ0v) is 10.6. The summed E-state index contributed by atoms with van der Waals surface area (Å²) >= 11 is 8.93. The van der Waals surface area contributed by atoms with Crippen molar-refractivity contribution in [2.24, 2.45) is 0 Å². The number of benzene rings is 1. The summed E-state index contributed by atoms with van der Waals surface area (Å²) in [5.41, 5.74) is 0.455. The molecule has 1 rings (SSSR count). The second-order valence-electron chi connectivity index (χ2n) is 3.27. The normalized spacial score (nSPS) is 12.3. The monoisotopic (exact) mass is 293 g/mol. The summed E-state index contributed by atoms with van der Waals surface area (Å²) in [5, 5.41) is -0.845. The van der Waals surface area contributed by atoms with E-state index < -0.39 is 11.2 Å². The molecule has 5 heteroatoms. The van der Waals surface area contributed by atoms with Gasteiger partial charge in [-0.15, -0.1) is 11.6 Å². The van der Waals surface area contributed by atoms with Gasteiger partial charge in [0.1, 0.15) is 11.2 Å². The van der Waals surface area contributed by atoms with Crippen LogP contribution >= 0.6 is 27.5 Å². The Morgan fingerprint density at radius 2 is 2.13 bits per heavy atom. The fourth-order valence-corrected chi connectivity index (χ4v) is 1.62. The Morgan fingerprint density at radius 3 is 2.60 bits per heavy atom. The molecule has 82 valence electrons. The molecule has 0 radical (unpaired) electrons. The molecule has 0 aromatic heterocycles. The molecular formula is C10H10BrClFNO. The van der Waals surface area contributed by atoms with Gasteiger partial charge in [0.25, 0.3) is 0 Å². The Morgan fingerprint density at radius 1 is 1.53 bits per heavy atom. The van der Waals surface area contributed by atoms with E-state index in [1.807, 2.05) is 0 Å². The van der Waals surface area contributed by atoms with Crippen molar-refractivity contribution in [3.8, 4) is 0 Å². The van der Waals surface area contributed by atoms with Gasteiger partial charge in [-0.25, -0.2) is 4.39 Å². The van der Waals surface area contributed by atoms with Crippen LogP contribution in [-0.4, -0.2) is 24.9 Å². The van der Waals surface area contributed by atoms with Crippen LogP contribution in [0.2, 0.25) is 0 Å². The largest absolute Gasteiger partial charge is 0.347 e. The molecule has 1 aromatic rings. The van der Waals surface area contributed by atoms with Crippen LogP contribution in [0, 0.1) is 5.82 Å². The van der Waals surface area contributed by atoms with Gasteiger partial charge in [0.15, 0.2) is 0 Å². The Balaban J connectivity index is 2.97. The maximum atomic E-state index is 13.2. The Kier molecular flexibility index (Phi) is 4.11. The predicted molar refractivity (Wildman–Crippen MR) is 61.4 cm³/mol. The smallest absolute Gasteiger partial charge is 0.244 e. The fraction of sp³-hybridized carbons (Fsp3) is 0.300. The highest BCUT2D eigenvalue weighted by Gasteiger charge is 2.20. The first-order valence-corrected chi connectivity index (χ1v) is 5.46. The molecule has 1 amide bonds. The number of halogens is 3. The lowest BCUT2D eigenvalue weighted by molar-refractivity contribution is -0.128. The van der Waals surface area contributed by atoms with Crippen LogP contribution in [0.15, 0.2) is 22.7 Å². The van der Waals surface area contributed by atoms with Crippen molar-refractivity contribution < 1.29 is 9.18 Å². The molecule has 2 nitrogen and oxygen atoms in total. The molecule has 1 atom stereocenters. The lowest BCUT2D eigenvalue weighted by Gasteiger charge is -2.15. The number of rotatable bonds is 2. The standard InChI is InChI=1S/C10H10BrClFNO/c1-14(2)10(15)9(12)6-3-4-7(11)8(13)5-6/h3-5,9H,1-2H3. The molecule has 0 bridgehead atoms. The predicted octanol–water partition coefficient (Wildman–Crippen LogP) is 2.96. The van der Waals surface area contributed by atoms with Crippen LogP contribution in [0.25, 0.3) is 0 Å². The van der Waals surface area contributed by atoms with E-state index in [2.05, 4.69) is 15.9 Å². The Labute approximate surface area is 101 Å². The number of likely N-dealkylation sites (N-methyl/N-ethyl adjacent to an activating group) is 1. The van der Waals surface area contributed by atoms with Gasteiger partial charge in [0.05, 0.1) is 4.47 Å². The summed E-state index contributed by atoms with van der Waals surface area (Å²) < 4.78 is 13.5. The molecule has 0 fully saturated rings. The Hall–Kier alpha value is -0.610. The van der Waals surface area contributed by atoms with Crippen molar-refractivity contribution >= 4 is 33.4 Å². The molecule has 0 heterocycles. The van der Waals surface area contributed by atoms with Crippen LogP contribution in [0.3, 0.4) is 0 Å². The summed E-state index contributed by atoms with van der Waals surface area (Å²) in [6.45, 7) is 0. The van der Waals surface area contributed by atoms with Gasteiger partial charge in [-0.1, -0.05) is 6.07 Å². The van der Waals surface area contributed by atoms with E-state index in [0.29, 0.717) is 10.0 Å². The van der Waals surface area contributed by atoms with Crippen molar-refractivity contribution in [2.45, 2.75) is 5.38 Å². The summed E-state index contributed by atoms with van der Waals surface area (Å²) in [5.74, 6) is -0.692. The van der Waals surface area contributed by atoms with Gasteiger partial charge in [-0.2, -0.15) is 0 Å². The third-order valence-electron chi connectivity index (χ3n) is 1.89. The molecule has 0 aliphatic carbocycles. The van der Waals surface area contributed by atoms with Crippen molar-refractivity contribution in [1.82, 2.24) is 4.90 Å². The van der Waals surface area contributed by atoms with Crippen molar-refractivity contribution in [1.29, 1.82) is 0 Å². The summed E-state index contributed by atoms with van der Waals surface area (Å²) in [6, 6.07) is 4.40. The molecule has 0 saturated carbocycles. The molecule has 15 heavy (non-hydrogen) atoms. The molecule has 1 unspecified atom stereocenters. The third kappa shape index (κ3) is 2.92. The highest BCUT2D eigenvalue weighted by molar-refractivity contribution is 9.10. The summed E-state index contributed by atoms with van der Waals surface area (Å²) in [6.07, 6.45) is 0. The second-order valence-corrected chi connectivity index (χ2v) is 4.56. The SMILES string of the molecule is CN(C)C(=O)C(Cl)c1ccc(Br)c(F)c1. The van der Waals surface area contributed by atoms with E-state index in [-0.39, 0.29) is 5.91 Å². The van der Waals surface area contributed by atoms with Gasteiger partial charge in [0, 0.05) is 14.1 Å². The fourth-order valence-electron chi connectivity index (χ4n) is 1.04. The van der Waals surface area contributed by atoms with Crippen molar-refractivity contribution in [3.05, 3.63) is 34.1 Å². The lowest BCUT2D eigenvalue weighted by Crippen LogP contribution is -2.25. The van der Waals surface area contributed by atoms with E-state index in [4.69, 9.17) is 11.6 Å². The number of hydrogen-bond donors (Lipinski definition) is 0. The van der Waals surface area contributed by atoms with E-state index in [9.17, 15) is 9.18 Å². The maximum absolute atomic E-state index is 13.2. The quantitative estimate of drug-likeness (QED) is 0.768. The summed E-state index contributed by atoms with van der Waals surface area (Å²) in [7, 11) is 3.21. The number of carbonyl (C=O) groups is 1. The minimum atomic E-state index is -0.845. The van der Waals surface area contributed by atoms with Crippen molar-refractivity contribution in [2.75, 3.05) is 14.1 Å². The zero-order valence-electron chi connectivity index (χ0n) is 8.30. The van der Waals surface area contributed by atoms with E-state index in [0.717, 1.165) is 0 Å². The van der Waals surface area contributed by atoms with Gasteiger partial charge >= 0.3 is 0 Å². The lowest BCUT2D eigenvalue weighted by atomic mass is 10.1. The first kappa shape index (κ1) is 12.5. The van der Waals surface area contributed by atoms with Gasteiger partial charge < -0.3 is 4.90 Å². The maximum Gasteiger partial charge on any atom is 0.244 e. The molecular weight excluding hydrogens is 284 g/mol. The minimum Gasteiger partial charge on any atom is -0.347 e.